The molecule has 2 heterocycles. The maximum Gasteiger partial charge on any atom is 0.255 e. The molecule has 2 aromatic rings. The Bertz CT molecular complexity index is 721. The number of H-pyrrole nitrogens is 1. The van der Waals surface area contributed by atoms with Gasteiger partial charge in [0.05, 0.1) is 22.3 Å². The summed E-state index contributed by atoms with van der Waals surface area (Å²) in [6.45, 7) is 4.73. The third-order valence-electron chi connectivity index (χ3n) is 4.52. The van der Waals surface area contributed by atoms with E-state index in [4.69, 9.17) is 11.6 Å². The minimum absolute atomic E-state index is 0.0189. The Hall–Kier alpha value is -2.01. The number of amides is 1. The van der Waals surface area contributed by atoms with Gasteiger partial charge in [0, 0.05) is 30.5 Å². The van der Waals surface area contributed by atoms with Crippen LogP contribution in [-0.4, -0.2) is 34.6 Å². The van der Waals surface area contributed by atoms with Crippen LogP contribution in [0.15, 0.2) is 18.2 Å². The highest BCUT2D eigenvalue weighted by molar-refractivity contribution is 6.34. The minimum Gasteiger partial charge on any atom is -0.388 e. The van der Waals surface area contributed by atoms with Gasteiger partial charge in [-0.1, -0.05) is 11.6 Å². The standard InChI is InChI=1S/C17H21ClN4O/c1-10-16(11(2)21-20-10)15-5-4-8-22(15)17(23)13-9-12(19-3)6-7-14(13)18/h6-7,9,15,19H,4-5,8H2,1-3H3,(H,20,21). The predicted octanol–water partition coefficient (Wildman–Crippen LogP) is 3.70. The number of hydrogen-bond acceptors (Lipinski definition) is 3. The summed E-state index contributed by atoms with van der Waals surface area (Å²) in [6.07, 6.45) is 1.94. The average molecular weight is 333 g/mol. The van der Waals surface area contributed by atoms with Gasteiger partial charge in [-0.15, -0.1) is 0 Å². The van der Waals surface area contributed by atoms with Crippen molar-refractivity contribution in [2.24, 2.45) is 0 Å². The van der Waals surface area contributed by atoms with Crippen LogP contribution in [0.25, 0.3) is 0 Å². The third-order valence-corrected chi connectivity index (χ3v) is 4.85. The van der Waals surface area contributed by atoms with E-state index < -0.39 is 0 Å². The molecule has 1 unspecified atom stereocenters. The number of aromatic amines is 1. The summed E-state index contributed by atoms with van der Waals surface area (Å²) in [4.78, 5) is 15.0. The molecule has 1 aliphatic heterocycles. The van der Waals surface area contributed by atoms with Crippen LogP contribution in [0.4, 0.5) is 5.69 Å². The second kappa shape index (κ2) is 6.24. The lowest BCUT2D eigenvalue weighted by atomic mass is 10.0. The van der Waals surface area contributed by atoms with Gasteiger partial charge in [-0.25, -0.2) is 0 Å². The molecule has 0 spiro atoms. The van der Waals surface area contributed by atoms with Gasteiger partial charge in [0.25, 0.3) is 5.91 Å². The predicted molar refractivity (Wildman–Crippen MR) is 92.1 cm³/mol. The first-order valence-corrected chi connectivity index (χ1v) is 8.20. The number of hydrogen-bond donors (Lipinski definition) is 2. The fourth-order valence-electron chi connectivity index (χ4n) is 3.36. The molecule has 3 rings (SSSR count). The van der Waals surface area contributed by atoms with Gasteiger partial charge in [-0.3, -0.25) is 9.89 Å². The van der Waals surface area contributed by atoms with E-state index in [1.165, 1.54) is 0 Å². The fourth-order valence-corrected chi connectivity index (χ4v) is 3.56. The Morgan fingerprint density at radius 2 is 2.22 bits per heavy atom. The largest absolute Gasteiger partial charge is 0.388 e. The van der Waals surface area contributed by atoms with Crippen molar-refractivity contribution in [3.63, 3.8) is 0 Å². The van der Waals surface area contributed by atoms with Crippen molar-refractivity contribution >= 4 is 23.2 Å². The quantitative estimate of drug-likeness (QED) is 0.901. The number of nitrogens with zero attached hydrogens (tertiary/aromatic N) is 2. The number of halogens is 1. The number of carbonyl (C=O) groups is 1. The fraction of sp³-hybridized carbons (Fsp3) is 0.412. The van der Waals surface area contributed by atoms with Crippen LogP contribution in [-0.2, 0) is 0 Å². The summed E-state index contributed by atoms with van der Waals surface area (Å²) in [7, 11) is 1.83. The maximum atomic E-state index is 13.0. The zero-order chi connectivity index (χ0) is 16.6. The molecule has 0 radical (unpaired) electrons. The van der Waals surface area contributed by atoms with Crippen molar-refractivity contribution in [1.82, 2.24) is 15.1 Å². The van der Waals surface area contributed by atoms with Crippen molar-refractivity contribution in [3.05, 3.63) is 45.7 Å². The van der Waals surface area contributed by atoms with Crippen LogP contribution >= 0.6 is 11.6 Å². The normalized spacial score (nSPS) is 17.6. The molecular weight excluding hydrogens is 312 g/mol. The second-order valence-corrected chi connectivity index (χ2v) is 6.36. The zero-order valence-corrected chi connectivity index (χ0v) is 14.4. The van der Waals surface area contributed by atoms with Crippen LogP contribution in [0.1, 0.15) is 46.2 Å². The van der Waals surface area contributed by atoms with E-state index >= 15 is 0 Å². The van der Waals surface area contributed by atoms with Crippen LogP contribution in [0.2, 0.25) is 5.02 Å². The lowest BCUT2D eigenvalue weighted by Crippen LogP contribution is -2.31. The Morgan fingerprint density at radius 3 is 2.87 bits per heavy atom. The number of benzene rings is 1. The van der Waals surface area contributed by atoms with Gasteiger partial charge < -0.3 is 10.2 Å². The summed E-state index contributed by atoms with van der Waals surface area (Å²) in [5.41, 5.74) is 4.55. The van der Waals surface area contributed by atoms with Crippen molar-refractivity contribution in [1.29, 1.82) is 0 Å². The average Bonchev–Trinajstić information content (AvgIpc) is 3.13. The van der Waals surface area contributed by atoms with E-state index in [9.17, 15) is 4.79 Å². The Labute approximate surface area is 141 Å². The lowest BCUT2D eigenvalue weighted by molar-refractivity contribution is 0.0735. The SMILES string of the molecule is CNc1ccc(Cl)c(C(=O)N2CCCC2c2c(C)n[nH]c2C)c1. The number of aromatic nitrogens is 2. The molecular formula is C17H21ClN4O. The van der Waals surface area contributed by atoms with Crippen LogP contribution in [0.5, 0.6) is 0 Å². The second-order valence-electron chi connectivity index (χ2n) is 5.95. The minimum atomic E-state index is -0.0189. The monoisotopic (exact) mass is 332 g/mol. The molecule has 1 aromatic heterocycles. The van der Waals surface area contributed by atoms with E-state index in [2.05, 4.69) is 15.5 Å². The Balaban J connectivity index is 1.96. The molecule has 2 N–H and O–H groups in total. The molecule has 1 saturated heterocycles. The number of anilines is 1. The Morgan fingerprint density at radius 1 is 1.43 bits per heavy atom. The van der Waals surface area contributed by atoms with E-state index in [0.29, 0.717) is 10.6 Å². The molecule has 23 heavy (non-hydrogen) atoms. The van der Waals surface area contributed by atoms with E-state index in [1.807, 2.05) is 37.9 Å². The van der Waals surface area contributed by atoms with Crippen molar-refractivity contribution in [2.75, 3.05) is 18.9 Å². The molecule has 6 heteroatoms. The van der Waals surface area contributed by atoms with Gasteiger partial charge >= 0.3 is 0 Å². The van der Waals surface area contributed by atoms with E-state index in [0.717, 1.165) is 42.0 Å². The summed E-state index contributed by atoms with van der Waals surface area (Å²) in [6, 6.07) is 5.51. The van der Waals surface area contributed by atoms with Gasteiger partial charge in [0.15, 0.2) is 0 Å². The lowest BCUT2D eigenvalue weighted by Gasteiger charge is -2.26. The smallest absolute Gasteiger partial charge is 0.255 e. The van der Waals surface area contributed by atoms with Crippen molar-refractivity contribution in [3.8, 4) is 0 Å². The number of nitrogens with one attached hydrogen (secondary N) is 2. The van der Waals surface area contributed by atoms with Crippen LogP contribution < -0.4 is 5.32 Å². The first-order valence-electron chi connectivity index (χ1n) is 7.82. The summed E-state index contributed by atoms with van der Waals surface area (Å²) >= 11 is 6.27. The summed E-state index contributed by atoms with van der Waals surface area (Å²) in [5, 5.41) is 10.8. The summed E-state index contributed by atoms with van der Waals surface area (Å²) in [5.74, 6) is -0.0189. The van der Waals surface area contributed by atoms with Gasteiger partial charge in [0.1, 0.15) is 0 Å². The number of carbonyl (C=O) groups excluding carboxylic acids is 1. The first-order chi connectivity index (χ1) is 11.0. The van der Waals surface area contributed by atoms with Gasteiger partial charge in [-0.2, -0.15) is 5.10 Å². The Kier molecular flexibility index (Phi) is 4.31. The molecule has 1 aliphatic rings. The number of rotatable bonds is 3. The highest BCUT2D eigenvalue weighted by atomic mass is 35.5. The molecule has 0 saturated carbocycles. The van der Waals surface area contributed by atoms with Crippen LogP contribution in [0, 0.1) is 13.8 Å². The molecule has 1 fully saturated rings. The maximum absolute atomic E-state index is 13.0. The van der Waals surface area contributed by atoms with Crippen molar-refractivity contribution < 1.29 is 4.79 Å². The molecule has 5 nitrogen and oxygen atoms in total. The van der Waals surface area contributed by atoms with Crippen molar-refractivity contribution in [2.45, 2.75) is 32.7 Å². The molecule has 122 valence electrons. The first kappa shape index (κ1) is 15.9. The third kappa shape index (κ3) is 2.81. The van der Waals surface area contributed by atoms with Crippen LogP contribution in [0.3, 0.4) is 0 Å². The molecule has 1 atom stereocenters. The van der Waals surface area contributed by atoms with Gasteiger partial charge in [0.2, 0.25) is 0 Å². The van der Waals surface area contributed by atoms with Gasteiger partial charge in [-0.05, 0) is 44.9 Å². The molecule has 0 bridgehead atoms. The topological polar surface area (TPSA) is 61.0 Å². The number of likely N-dealkylation sites (tertiary alicyclic amines) is 1. The summed E-state index contributed by atoms with van der Waals surface area (Å²) < 4.78 is 0. The molecule has 1 aromatic carbocycles. The molecule has 1 amide bonds. The highest BCUT2D eigenvalue weighted by Gasteiger charge is 2.34. The van der Waals surface area contributed by atoms with E-state index in [-0.39, 0.29) is 11.9 Å². The van der Waals surface area contributed by atoms with E-state index in [1.54, 1.807) is 6.07 Å². The zero-order valence-electron chi connectivity index (χ0n) is 13.6. The number of aryl methyl sites for hydroxylation is 2. The highest BCUT2D eigenvalue weighted by Crippen LogP contribution is 2.36. The molecule has 0 aliphatic carbocycles.